The molecular formula is C22H27NO5. The van der Waals surface area contributed by atoms with Crippen molar-refractivity contribution in [3.63, 3.8) is 0 Å². The van der Waals surface area contributed by atoms with Crippen LogP contribution in [0.5, 0.6) is 11.5 Å². The Kier molecular flexibility index (Phi) is 7.15. The zero-order valence-electron chi connectivity index (χ0n) is 16.9. The van der Waals surface area contributed by atoms with Gasteiger partial charge in [-0.05, 0) is 25.0 Å². The molecule has 2 rings (SSSR count). The van der Waals surface area contributed by atoms with Gasteiger partial charge in [-0.1, -0.05) is 38.1 Å². The van der Waals surface area contributed by atoms with E-state index in [2.05, 4.69) is 4.98 Å². The normalized spacial score (nSPS) is 14.0. The molecule has 0 aliphatic heterocycles. The van der Waals surface area contributed by atoms with Gasteiger partial charge >= 0.3 is 5.97 Å². The number of aromatic hydroxyl groups is 1. The standard InChI is InChI=1S/C22H27NO5/c1-13-8-6-7-9-17(13)15(3)16(4)28-22(26)14(2)12-18(24)20-21(25)19(27-5)10-11-23-20/h6-11,14-16,25H,12H2,1-5H3/t14-,15+,16+/m0/s1. The third kappa shape index (κ3) is 4.88. The van der Waals surface area contributed by atoms with Crippen molar-refractivity contribution in [3.8, 4) is 11.5 Å². The molecule has 1 aromatic heterocycles. The van der Waals surface area contributed by atoms with Crippen LogP contribution in [-0.4, -0.2) is 35.1 Å². The Labute approximate surface area is 165 Å². The highest BCUT2D eigenvalue weighted by atomic mass is 16.5. The summed E-state index contributed by atoms with van der Waals surface area (Å²) in [7, 11) is 1.39. The fourth-order valence-corrected chi connectivity index (χ4v) is 3.02. The Morgan fingerprint density at radius 1 is 1.14 bits per heavy atom. The van der Waals surface area contributed by atoms with E-state index in [1.54, 1.807) is 6.92 Å². The van der Waals surface area contributed by atoms with Gasteiger partial charge in [0.2, 0.25) is 0 Å². The topological polar surface area (TPSA) is 85.7 Å². The van der Waals surface area contributed by atoms with Crippen molar-refractivity contribution in [2.45, 2.75) is 46.1 Å². The first-order valence-electron chi connectivity index (χ1n) is 9.27. The van der Waals surface area contributed by atoms with Gasteiger partial charge in [-0.15, -0.1) is 0 Å². The number of hydrogen-bond acceptors (Lipinski definition) is 6. The van der Waals surface area contributed by atoms with E-state index >= 15 is 0 Å². The molecule has 0 saturated carbocycles. The summed E-state index contributed by atoms with van der Waals surface area (Å²) in [5, 5.41) is 10.1. The fourth-order valence-electron chi connectivity index (χ4n) is 3.02. The molecular weight excluding hydrogens is 358 g/mol. The van der Waals surface area contributed by atoms with Gasteiger partial charge in [-0.2, -0.15) is 0 Å². The summed E-state index contributed by atoms with van der Waals surface area (Å²) >= 11 is 0. The number of methoxy groups -OCH3 is 1. The Hall–Kier alpha value is -2.89. The first kappa shape index (κ1) is 21.4. The number of aromatic nitrogens is 1. The quantitative estimate of drug-likeness (QED) is 0.545. The predicted octanol–water partition coefficient (Wildman–Crippen LogP) is 4.05. The van der Waals surface area contributed by atoms with E-state index < -0.39 is 17.7 Å². The van der Waals surface area contributed by atoms with Crippen molar-refractivity contribution in [2.75, 3.05) is 7.11 Å². The van der Waals surface area contributed by atoms with Crippen LogP contribution >= 0.6 is 0 Å². The zero-order valence-corrected chi connectivity index (χ0v) is 16.9. The van der Waals surface area contributed by atoms with Crippen LogP contribution in [0.2, 0.25) is 0 Å². The minimum atomic E-state index is -0.661. The first-order chi connectivity index (χ1) is 13.3. The zero-order chi connectivity index (χ0) is 20.8. The number of Topliss-reactive ketones (excluding diaryl/α,β-unsaturated/α-hetero) is 1. The molecule has 1 N–H and O–H groups in total. The minimum absolute atomic E-state index is 0.0251. The molecule has 3 atom stereocenters. The first-order valence-corrected chi connectivity index (χ1v) is 9.27. The van der Waals surface area contributed by atoms with Crippen LogP contribution in [0.4, 0.5) is 0 Å². The van der Waals surface area contributed by atoms with Crippen molar-refractivity contribution in [1.29, 1.82) is 0 Å². The lowest BCUT2D eigenvalue weighted by molar-refractivity contribution is -0.153. The smallest absolute Gasteiger partial charge is 0.309 e. The van der Waals surface area contributed by atoms with Gasteiger partial charge in [0, 0.05) is 24.6 Å². The third-order valence-corrected chi connectivity index (χ3v) is 4.95. The summed E-state index contributed by atoms with van der Waals surface area (Å²) in [6.07, 6.45) is 0.924. The number of nitrogens with zero attached hydrogens (tertiary/aromatic N) is 1. The molecule has 6 heteroatoms. The average Bonchev–Trinajstić information content (AvgIpc) is 2.67. The molecule has 0 unspecified atom stereocenters. The number of carbonyl (C=O) groups is 2. The van der Waals surface area contributed by atoms with Crippen molar-refractivity contribution >= 4 is 11.8 Å². The van der Waals surface area contributed by atoms with Crippen LogP contribution in [0.1, 0.15) is 54.7 Å². The summed E-state index contributed by atoms with van der Waals surface area (Å²) in [4.78, 5) is 28.8. The molecule has 0 aliphatic carbocycles. The summed E-state index contributed by atoms with van der Waals surface area (Å²) in [5.41, 5.74) is 2.15. The van der Waals surface area contributed by atoms with E-state index in [4.69, 9.17) is 9.47 Å². The highest BCUT2D eigenvalue weighted by Gasteiger charge is 2.26. The number of rotatable bonds is 8. The summed E-state index contributed by atoms with van der Waals surface area (Å²) in [6, 6.07) is 9.43. The van der Waals surface area contributed by atoms with Gasteiger partial charge in [0.1, 0.15) is 6.10 Å². The van der Waals surface area contributed by atoms with Crippen LogP contribution in [0.3, 0.4) is 0 Å². The summed E-state index contributed by atoms with van der Waals surface area (Å²) < 4.78 is 10.6. The molecule has 0 bridgehead atoms. The lowest BCUT2D eigenvalue weighted by Crippen LogP contribution is -2.26. The maximum Gasteiger partial charge on any atom is 0.309 e. The molecule has 6 nitrogen and oxygen atoms in total. The van der Waals surface area contributed by atoms with Crippen molar-refractivity contribution in [2.24, 2.45) is 5.92 Å². The number of ether oxygens (including phenoxy) is 2. The van der Waals surface area contributed by atoms with Gasteiger partial charge in [0.05, 0.1) is 13.0 Å². The molecule has 1 heterocycles. The fraction of sp³-hybridized carbons (Fsp3) is 0.409. The molecule has 0 radical (unpaired) electrons. The van der Waals surface area contributed by atoms with Crippen molar-refractivity contribution < 1.29 is 24.2 Å². The molecule has 28 heavy (non-hydrogen) atoms. The highest BCUT2D eigenvalue weighted by Crippen LogP contribution is 2.29. The molecule has 2 aromatic rings. The average molecular weight is 385 g/mol. The van der Waals surface area contributed by atoms with E-state index in [0.29, 0.717) is 0 Å². The number of esters is 1. The van der Waals surface area contributed by atoms with Crippen LogP contribution in [0, 0.1) is 12.8 Å². The number of pyridine rings is 1. The van der Waals surface area contributed by atoms with Crippen molar-refractivity contribution in [3.05, 3.63) is 53.3 Å². The van der Waals surface area contributed by atoms with Crippen molar-refractivity contribution in [1.82, 2.24) is 4.98 Å². The van der Waals surface area contributed by atoms with Gasteiger partial charge in [0.25, 0.3) is 0 Å². The van der Waals surface area contributed by atoms with E-state index in [9.17, 15) is 14.7 Å². The molecule has 0 spiro atoms. The SMILES string of the molecule is COc1ccnc(C(=O)C[C@H](C)C(=O)O[C@H](C)[C@@H](C)c2ccccc2C)c1O. The van der Waals surface area contributed by atoms with Crippen LogP contribution in [-0.2, 0) is 9.53 Å². The second kappa shape index (κ2) is 9.35. The van der Waals surface area contributed by atoms with Gasteiger partial charge in [-0.3, -0.25) is 9.59 Å². The monoisotopic (exact) mass is 385 g/mol. The molecule has 0 saturated heterocycles. The minimum Gasteiger partial charge on any atom is -0.503 e. The summed E-state index contributed by atoms with van der Waals surface area (Å²) in [5.74, 6) is -1.70. The van der Waals surface area contributed by atoms with E-state index in [0.717, 1.165) is 11.1 Å². The predicted molar refractivity (Wildman–Crippen MR) is 106 cm³/mol. The second-order valence-corrected chi connectivity index (χ2v) is 7.03. The van der Waals surface area contributed by atoms with Crippen LogP contribution < -0.4 is 4.74 Å². The molecule has 0 amide bonds. The van der Waals surface area contributed by atoms with Crippen LogP contribution in [0.25, 0.3) is 0 Å². The third-order valence-electron chi connectivity index (χ3n) is 4.95. The van der Waals surface area contributed by atoms with Gasteiger partial charge < -0.3 is 14.6 Å². The number of aryl methyl sites for hydroxylation is 1. The van der Waals surface area contributed by atoms with Crippen LogP contribution in [0.15, 0.2) is 36.5 Å². The number of ketones is 1. The Morgan fingerprint density at radius 3 is 2.46 bits per heavy atom. The lowest BCUT2D eigenvalue weighted by atomic mass is 9.92. The Bertz CT molecular complexity index is 849. The maximum absolute atomic E-state index is 12.5. The largest absolute Gasteiger partial charge is 0.503 e. The molecule has 0 fully saturated rings. The van der Waals surface area contributed by atoms with E-state index in [-0.39, 0.29) is 35.6 Å². The Morgan fingerprint density at radius 2 is 1.82 bits per heavy atom. The van der Waals surface area contributed by atoms with E-state index in [1.807, 2.05) is 45.0 Å². The Balaban J connectivity index is 2.01. The van der Waals surface area contributed by atoms with Gasteiger partial charge in [-0.25, -0.2) is 4.98 Å². The molecule has 150 valence electrons. The van der Waals surface area contributed by atoms with E-state index in [1.165, 1.54) is 19.4 Å². The summed E-state index contributed by atoms with van der Waals surface area (Å²) in [6.45, 7) is 7.51. The second-order valence-electron chi connectivity index (χ2n) is 7.03. The number of hydrogen-bond donors (Lipinski definition) is 1. The highest BCUT2D eigenvalue weighted by molar-refractivity contribution is 5.99. The van der Waals surface area contributed by atoms with Gasteiger partial charge in [0.15, 0.2) is 23.0 Å². The molecule has 1 aromatic carbocycles. The molecule has 0 aliphatic rings. The maximum atomic E-state index is 12.5. The lowest BCUT2D eigenvalue weighted by Gasteiger charge is -2.23. The number of carbonyl (C=O) groups excluding carboxylic acids is 2. The number of benzene rings is 1.